The number of nitrogens with zero attached hydrogens (tertiary/aromatic N) is 1. The highest BCUT2D eigenvalue weighted by molar-refractivity contribution is 8.00. The van der Waals surface area contributed by atoms with Crippen LogP contribution >= 0.6 is 11.8 Å². The van der Waals surface area contributed by atoms with Crippen molar-refractivity contribution in [1.29, 1.82) is 0 Å². The fraction of sp³-hybridized carbons (Fsp3) is 0.429. The van der Waals surface area contributed by atoms with Crippen LogP contribution < -0.4 is 4.72 Å². The number of thioether (sulfide) groups is 1. The Balaban J connectivity index is 1.71. The van der Waals surface area contributed by atoms with Crippen molar-refractivity contribution in [1.82, 2.24) is 4.90 Å². The second-order valence-electron chi connectivity index (χ2n) is 7.48. The Morgan fingerprint density at radius 3 is 2.11 bits per heavy atom. The Bertz CT molecular complexity index is 877. The first kappa shape index (κ1) is 20.2. The summed E-state index contributed by atoms with van der Waals surface area (Å²) in [5, 5.41) is 0.640. The van der Waals surface area contributed by atoms with E-state index in [9.17, 15) is 8.42 Å². The van der Waals surface area contributed by atoms with Crippen molar-refractivity contribution in [3.63, 3.8) is 0 Å². The van der Waals surface area contributed by atoms with Gasteiger partial charge >= 0.3 is 0 Å². The predicted molar refractivity (Wildman–Crippen MR) is 114 cm³/mol. The monoisotopic (exact) mass is 404 g/mol. The molecule has 0 saturated carbocycles. The van der Waals surface area contributed by atoms with Crippen molar-refractivity contribution in [2.24, 2.45) is 0 Å². The van der Waals surface area contributed by atoms with Gasteiger partial charge in [-0.3, -0.25) is 4.72 Å². The van der Waals surface area contributed by atoms with Crippen molar-refractivity contribution in [2.45, 2.75) is 48.7 Å². The Morgan fingerprint density at radius 2 is 1.56 bits per heavy atom. The Hall–Kier alpha value is -1.50. The van der Waals surface area contributed by atoms with Crippen molar-refractivity contribution >= 4 is 27.5 Å². The number of hydrogen-bond acceptors (Lipinski definition) is 4. The Labute approximate surface area is 167 Å². The van der Waals surface area contributed by atoms with Gasteiger partial charge < -0.3 is 4.90 Å². The summed E-state index contributed by atoms with van der Waals surface area (Å²) in [4.78, 5) is 3.93. The second-order valence-corrected chi connectivity index (χ2v) is 10.5. The minimum absolute atomic E-state index is 0.373. The van der Waals surface area contributed by atoms with E-state index < -0.39 is 10.0 Å². The number of nitrogens with one attached hydrogen (secondary N) is 1. The molecule has 1 N–H and O–H groups in total. The van der Waals surface area contributed by atoms with Gasteiger partial charge in [-0.2, -0.15) is 0 Å². The molecule has 0 unspecified atom stereocenters. The van der Waals surface area contributed by atoms with Gasteiger partial charge in [0.1, 0.15) is 0 Å². The van der Waals surface area contributed by atoms with E-state index in [0.717, 1.165) is 29.8 Å². The number of rotatable bonds is 5. The summed E-state index contributed by atoms with van der Waals surface area (Å²) in [6, 6.07) is 11.5. The van der Waals surface area contributed by atoms with Gasteiger partial charge in [0.15, 0.2) is 0 Å². The van der Waals surface area contributed by atoms with Gasteiger partial charge in [0.25, 0.3) is 10.0 Å². The first-order chi connectivity index (χ1) is 12.7. The lowest BCUT2D eigenvalue weighted by Crippen LogP contribution is -2.31. The highest BCUT2D eigenvalue weighted by Crippen LogP contribution is 2.31. The standard InChI is InChI=1S/C21H28N2O2S2/c1-15-13-16(2)21(17(3)14-15)27(24,25)22-18-5-7-19(8-6-18)26-20-9-11-23(4)12-10-20/h5-8,13-14,20,22H,9-12H2,1-4H3. The number of aryl methyl sites for hydroxylation is 3. The first-order valence-corrected chi connectivity index (χ1v) is 11.7. The van der Waals surface area contributed by atoms with E-state index >= 15 is 0 Å². The number of anilines is 1. The van der Waals surface area contributed by atoms with Gasteiger partial charge in [0, 0.05) is 15.8 Å². The molecular formula is C21H28N2O2S2. The molecular weight excluding hydrogens is 376 g/mol. The summed E-state index contributed by atoms with van der Waals surface area (Å²) in [6.45, 7) is 7.95. The van der Waals surface area contributed by atoms with E-state index in [1.165, 1.54) is 17.7 Å². The first-order valence-electron chi connectivity index (χ1n) is 9.30. The van der Waals surface area contributed by atoms with Gasteiger partial charge in [0.05, 0.1) is 4.90 Å². The molecule has 0 spiro atoms. The molecule has 6 heteroatoms. The molecule has 0 radical (unpaired) electrons. The van der Waals surface area contributed by atoms with E-state index in [1.54, 1.807) is 0 Å². The van der Waals surface area contributed by atoms with Gasteiger partial charge in [-0.05, 0) is 89.1 Å². The lowest BCUT2D eigenvalue weighted by atomic mass is 10.1. The molecule has 1 aliphatic rings. The van der Waals surface area contributed by atoms with Gasteiger partial charge in [0.2, 0.25) is 0 Å². The minimum Gasteiger partial charge on any atom is -0.306 e. The maximum Gasteiger partial charge on any atom is 0.262 e. The number of likely N-dealkylation sites (tertiary alicyclic amines) is 1. The van der Waals surface area contributed by atoms with Gasteiger partial charge in [-0.25, -0.2) is 8.42 Å². The Morgan fingerprint density at radius 1 is 1.00 bits per heavy atom. The molecule has 0 amide bonds. The number of piperidine rings is 1. The van der Waals surface area contributed by atoms with Crippen LogP contribution in [-0.2, 0) is 10.0 Å². The van der Waals surface area contributed by atoms with Crippen molar-refractivity contribution in [2.75, 3.05) is 24.9 Å². The highest BCUT2D eigenvalue weighted by Gasteiger charge is 2.21. The molecule has 146 valence electrons. The van der Waals surface area contributed by atoms with Crippen LogP contribution in [0.25, 0.3) is 0 Å². The van der Waals surface area contributed by atoms with Crippen LogP contribution in [0, 0.1) is 20.8 Å². The van der Waals surface area contributed by atoms with Crippen LogP contribution in [0.1, 0.15) is 29.5 Å². The zero-order chi connectivity index (χ0) is 19.6. The van der Waals surface area contributed by atoms with Crippen LogP contribution in [0.15, 0.2) is 46.2 Å². The molecule has 1 aliphatic heterocycles. The minimum atomic E-state index is -3.60. The summed E-state index contributed by atoms with van der Waals surface area (Å²) in [7, 11) is -1.43. The van der Waals surface area contributed by atoms with E-state index in [-0.39, 0.29) is 0 Å². The molecule has 2 aromatic carbocycles. The van der Waals surface area contributed by atoms with Crippen LogP contribution in [-0.4, -0.2) is 38.7 Å². The lowest BCUT2D eigenvalue weighted by Gasteiger charge is -2.28. The van der Waals surface area contributed by atoms with Gasteiger partial charge in [-0.15, -0.1) is 11.8 Å². The summed E-state index contributed by atoms with van der Waals surface area (Å²) in [5.74, 6) is 0. The molecule has 27 heavy (non-hydrogen) atoms. The molecule has 1 saturated heterocycles. The summed E-state index contributed by atoms with van der Waals surface area (Å²) in [6.07, 6.45) is 2.39. The molecule has 0 atom stereocenters. The number of hydrogen-bond donors (Lipinski definition) is 1. The normalized spacial score (nSPS) is 16.4. The van der Waals surface area contributed by atoms with Crippen molar-refractivity contribution in [3.05, 3.63) is 53.1 Å². The zero-order valence-electron chi connectivity index (χ0n) is 16.5. The lowest BCUT2D eigenvalue weighted by molar-refractivity contribution is 0.282. The van der Waals surface area contributed by atoms with Crippen LogP contribution in [0.4, 0.5) is 5.69 Å². The quantitative estimate of drug-likeness (QED) is 0.791. The largest absolute Gasteiger partial charge is 0.306 e. The summed E-state index contributed by atoms with van der Waals surface area (Å²) >= 11 is 1.89. The molecule has 1 fully saturated rings. The van der Waals surface area contributed by atoms with E-state index in [2.05, 4.69) is 16.7 Å². The number of benzene rings is 2. The summed E-state index contributed by atoms with van der Waals surface area (Å²) < 4.78 is 28.5. The summed E-state index contributed by atoms with van der Waals surface area (Å²) in [5.41, 5.74) is 3.21. The highest BCUT2D eigenvalue weighted by atomic mass is 32.2. The average molecular weight is 405 g/mol. The fourth-order valence-corrected chi connectivity index (χ4v) is 6.33. The SMILES string of the molecule is Cc1cc(C)c(S(=O)(=O)Nc2ccc(SC3CCN(C)CC3)cc2)c(C)c1. The fourth-order valence-electron chi connectivity index (χ4n) is 3.69. The third-order valence-corrected chi connectivity index (χ3v) is 7.98. The molecule has 3 rings (SSSR count). The molecule has 0 aliphatic carbocycles. The maximum atomic E-state index is 12.9. The van der Waals surface area contributed by atoms with Crippen molar-refractivity contribution < 1.29 is 8.42 Å². The number of sulfonamides is 1. The zero-order valence-corrected chi connectivity index (χ0v) is 18.1. The average Bonchev–Trinajstić information content (AvgIpc) is 2.57. The van der Waals surface area contributed by atoms with Crippen LogP contribution in [0.2, 0.25) is 0 Å². The third kappa shape index (κ3) is 5.06. The van der Waals surface area contributed by atoms with E-state index in [0.29, 0.717) is 15.8 Å². The van der Waals surface area contributed by atoms with Gasteiger partial charge in [-0.1, -0.05) is 17.7 Å². The maximum absolute atomic E-state index is 12.9. The predicted octanol–water partition coefficient (Wildman–Crippen LogP) is 4.60. The third-order valence-electron chi connectivity index (χ3n) is 4.95. The molecule has 0 aromatic heterocycles. The Kier molecular flexibility index (Phi) is 6.18. The topological polar surface area (TPSA) is 49.4 Å². The smallest absolute Gasteiger partial charge is 0.262 e. The van der Waals surface area contributed by atoms with Crippen LogP contribution in [0.5, 0.6) is 0 Å². The molecule has 4 nitrogen and oxygen atoms in total. The van der Waals surface area contributed by atoms with Crippen molar-refractivity contribution in [3.8, 4) is 0 Å². The van der Waals surface area contributed by atoms with E-state index in [1.807, 2.05) is 68.9 Å². The second kappa shape index (κ2) is 8.25. The van der Waals surface area contributed by atoms with Crippen LogP contribution in [0.3, 0.4) is 0 Å². The molecule has 2 aromatic rings. The molecule has 0 bridgehead atoms. The van der Waals surface area contributed by atoms with E-state index in [4.69, 9.17) is 0 Å². The molecule has 1 heterocycles.